The van der Waals surface area contributed by atoms with Gasteiger partial charge in [-0.3, -0.25) is 14.7 Å². The normalized spacial score (nSPS) is 11.7. The minimum Gasteiger partial charge on any atom is -0.338 e. The lowest BCUT2D eigenvalue weighted by molar-refractivity contribution is -0.119. The Morgan fingerprint density at radius 3 is 2.65 bits per heavy atom. The number of allylic oxidation sites excluding steroid dienone is 1. The highest BCUT2D eigenvalue weighted by Crippen LogP contribution is 2.27. The fourth-order valence-corrected chi connectivity index (χ4v) is 3.10. The number of thioether (sulfide) groups is 1. The van der Waals surface area contributed by atoms with Crippen LogP contribution in [0.15, 0.2) is 42.1 Å². The van der Waals surface area contributed by atoms with Crippen molar-refractivity contribution in [1.82, 2.24) is 25.4 Å². The zero-order valence-corrected chi connectivity index (χ0v) is 16.1. The van der Waals surface area contributed by atoms with E-state index in [1.807, 2.05) is 16.7 Å². The van der Waals surface area contributed by atoms with Crippen LogP contribution in [-0.4, -0.2) is 38.5 Å². The van der Waals surface area contributed by atoms with Gasteiger partial charge in [0, 0.05) is 23.7 Å². The minimum atomic E-state index is -0.525. The third kappa shape index (κ3) is 5.09. The Morgan fingerprint density at radius 2 is 2.04 bits per heavy atom. The zero-order valence-electron chi connectivity index (χ0n) is 14.5. The summed E-state index contributed by atoms with van der Waals surface area (Å²) in [4.78, 5) is 23.6. The Bertz CT molecular complexity index is 791. The molecule has 1 aromatic heterocycles. The van der Waals surface area contributed by atoms with E-state index in [-0.39, 0.29) is 0 Å². The van der Waals surface area contributed by atoms with Crippen molar-refractivity contribution in [3.05, 3.63) is 41.9 Å². The van der Waals surface area contributed by atoms with Gasteiger partial charge >= 0.3 is 6.03 Å². The lowest BCUT2D eigenvalue weighted by atomic mass is 10.2. The van der Waals surface area contributed by atoms with Gasteiger partial charge in [0.05, 0.1) is 5.25 Å². The first kappa shape index (κ1) is 20.0. The largest absolute Gasteiger partial charge is 0.338 e. The molecule has 1 unspecified atom stereocenters. The van der Waals surface area contributed by atoms with Crippen LogP contribution < -0.4 is 10.6 Å². The Labute approximate surface area is 161 Å². The monoisotopic (exact) mass is 393 g/mol. The van der Waals surface area contributed by atoms with Crippen molar-refractivity contribution in [2.24, 2.45) is 0 Å². The molecule has 2 N–H and O–H groups in total. The van der Waals surface area contributed by atoms with Crippen molar-refractivity contribution in [2.45, 2.75) is 30.8 Å². The number of nitrogens with one attached hydrogen (secondary N) is 2. The first-order chi connectivity index (χ1) is 12.5. The summed E-state index contributed by atoms with van der Waals surface area (Å²) in [6, 6.07) is 6.74. The molecule has 1 atom stereocenters. The highest BCUT2D eigenvalue weighted by Gasteiger charge is 2.21. The second-order valence-electron chi connectivity index (χ2n) is 5.32. The van der Waals surface area contributed by atoms with Gasteiger partial charge in [0.2, 0.25) is 5.91 Å². The maximum absolute atomic E-state index is 12.1. The van der Waals surface area contributed by atoms with E-state index in [2.05, 4.69) is 27.4 Å². The Kier molecular flexibility index (Phi) is 7.23. The van der Waals surface area contributed by atoms with Crippen molar-refractivity contribution in [1.29, 1.82) is 0 Å². The van der Waals surface area contributed by atoms with Crippen molar-refractivity contribution in [2.75, 3.05) is 6.54 Å². The molecule has 26 heavy (non-hydrogen) atoms. The summed E-state index contributed by atoms with van der Waals surface area (Å²) < 4.78 is 1.86. The van der Waals surface area contributed by atoms with Gasteiger partial charge in [-0.2, -0.15) is 0 Å². The molecule has 0 radical (unpaired) electrons. The van der Waals surface area contributed by atoms with Crippen LogP contribution in [-0.2, 0) is 11.3 Å². The van der Waals surface area contributed by atoms with E-state index in [9.17, 15) is 9.59 Å². The fraction of sp³-hybridized carbons (Fsp3) is 0.294. The first-order valence-corrected chi connectivity index (χ1v) is 9.27. The summed E-state index contributed by atoms with van der Waals surface area (Å²) >= 11 is 7.15. The van der Waals surface area contributed by atoms with Crippen LogP contribution >= 0.6 is 23.4 Å². The molecule has 2 rings (SSSR count). The summed E-state index contributed by atoms with van der Waals surface area (Å²) in [5, 5.41) is 13.9. The SMILES string of the molecule is C=CCn1c(SC(C)C(=O)NC(=O)NCC)nnc1-c1ccc(Cl)cc1. The van der Waals surface area contributed by atoms with E-state index in [0.29, 0.717) is 29.1 Å². The predicted molar refractivity (Wildman–Crippen MR) is 103 cm³/mol. The number of hydrogen-bond acceptors (Lipinski definition) is 5. The van der Waals surface area contributed by atoms with Gasteiger partial charge < -0.3 is 5.32 Å². The van der Waals surface area contributed by atoms with Gasteiger partial charge in [-0.05, 0) is 38.1 Å². The van der Waals surface area contributed by atoms with E-state index >= 15 is 0 Å². The number of halogens is 1. The average Bonchev–Trinajstić information content (AvgIpc) is 2.98. The molecule has 0 bridgehead atoms. The van der Waals surface area contributed by atoms with Crippen molar-refractivity contribution < 1.29 is 9.59 Å². The second-order valence-corrected chi connectivity index (χ2v) is 7.07. The molecule has 0 fully saturated rings. The van der Waals surface area contributed by atoms with E-state index < -0.39 is 17.2 Å². The first-order valence-electron chi connectivity index (χ1n) is 8.01. The molecule has 9 heteroatoms. The molecule has 0 saturated carbocycles. The predicted octanol–water partition coefficient (Wildman–Crippen LogP) is 3.11. The Morgan fingerprint density at radius 1 is 1.35 bits per heavy atom. The lowest BCUT2D eigenvalue weighted by Gasteiger charge is -2.12. The van der Waals surface area contributed by atoms with Gasteiger partial charge in [0.15, 0.2) is 11.0 Å². The minimum absolute atomic E-state index is 0.401. The number of rotatable bonds is 7. The molecule has 2 aromatic rings. The van der Waals surface area contributed by atoms with E-state index in [1.165, 1.54) is 11.8 Å². The second kappa shape index (κ2) is 9.40. The quantitative estimate of drug-likeness (QED) is 0.557. The van der Waals surface area contributed by atoms with Crippen molar-refractivity contribution in [3.8, 4) is 11.4 Å². The molecule has 138 valence electrons. The number of aromatic nitrogens is 3. The number of urea groups is 1. The lowest BCUT2D eigenvalue weighted by Crippen LogP contribution is -2.42. The van der Waals surface area contributed by atoms with Gasteiger partial charge in [-0.1, -0.05) is 29.4 Å². The van der Waals surface area contributed by atoms with Gasteiger partial charge in [-0.25, -0.2) is 4.79 Å². The average molecular weight is 394 g/mol. The third-order valence-corrected chi connectivity index (χ3v) is 4.69. The number of nitrogens with zero attached hydrogens (tertiary/aromatic N) is 3. The highest BCUT2D eigenvalue weighted by molar-refractivity contribution is 8.00. The molecule has 0 aliphatic heterocycles. The fourth-order valence-electron chi connectivity index (χ4n) is 2.11. The number of carbonyl (C=O) groups excluding carboxylic acids is 2. The number of carbonyl (C=O) groups is 2. The Balaban J connectivity index is 2.18. The molecular weight excluding hydrogens is 374 g/mol. The van der Waals surface area contributed by atoms with Crippen LogP contribution in [0.1, 0.15) is 13.8 Å². The molecule has 0 aliphatic rings. The molecule has 7 nitrogen and oxygen atoms in total. The van der Waals surface area contributed by atoms with Crippen LogP contribution in [0.2, 0.25) is 5.02 Å². The number of benzene rings is 1. The molecule has 0 aliphatic carbocycles. The van der Waals surface area contributed by atoms with Crippen LogP contribution in [0.25, 0.3) is 11.4 Å². The van der Waals surface area contributed by atoms with Crippen molar-refractivity contribution >= 4 is 35.3 Å². The van der Waals surface area contributed by atoms with Crippen LogP contribution in [0.3, 0.4) is 0 Å². The summed E-state index contributed by atoms with van der Waals surface area (Å²) in [6.45, 7) is 8.17. The van der Waals surface area contributed by atoms with Crippen molar-refractivity contribution in [3.63, 3.8) is 0 Å². The zero-order chi connectivity index (χ0) is 19.1. The molecule has 0 spiro atoms. The van der Waals surface area contributed by atoms with Crippen LogP contribution in [0.5, 0.6) is 0 Å². The summed E-state index contributed by atoms with van der Waals surface area (Å²) in [7, 11) is 0. The number of amides is 3. The molecule has 1 aromatic carbocycles. The molecular formula is C17H20ClN5O2S. The van der Waals surface area contributed by atoms with E-state index in [1.54, 1.807) is 32.1 Å². The van der Waals surface area contributed by atoms with E-state index in [0.717, 1.165) is 5.56 Å². The van der Waals surface area contributed by atoms with Crippen LogP contribution in [0, 0.1) is 0 Å². The maximum Gasteiger partial charge on any atom is 0.321 e. The topological polar surface area (TPSA) is 88.9 Å². The maximum atomic E-state index is 12.1. The van der Waals surface area contributed by atoms with Gasteiger partial charge in [-0.15, -0.1) is 16.8 Å². The summed E-state index contributed by atoms with van der Waals surface area (Å²) in [5.74, 6) is 0.252. The molecule has 3 amide bonds. The van der Waals surface area contributed by atoms with Gasteiger partial charge in [0.25, 0.3) is 0 Å². The Hall–Kier alpha value is -2.32. The van der Waals surface area contributed by atoms with Gasteiger partial charge in [0.1, 0.15) is 0 Å². The highest BCUT2D eigenvalue weighted by atomic mass is 35.5. The molecule has 0 saturated heterocycles. The van der Waals surface area contributed by atoms with Crippen LogP contribution in [0.4, 0.5) is 4.79 Å². The summed E-state index contributed by atoms with van der Waals surface area (Å²) in [5.41, 5.74) is 0.857. The summed E-state index contributed by atoms with van der Waals surface area (Å²) in [6.07, 6.45) is 1.73. The van der Waals surface area contributed by atoms with E-state index in [4.69, 9.17) is 11.6 Å². The third-order valence-electron chi connectivity index (χ3n) is 3.36. The molecule has 1 heterocycles. The standard InChI is InChI=1S/C17H20ClN5O2S/c1-4-10-23-14(12-6-8-13(18)9-7-12)21-22-17(23)26-11(3)15(24)20-16(25)19-5-2/h4,6-9,11H,1,5,10H2,2-3H3,(H2,19,20,24,25). The number of imide groups is 1. The smallest absolute Gasteiger partial charge is 0.321 e. The number of hydrogen-bond donors (Lipinski definition) is 2.